The maximum atomic E-state index is 12.1. The van der Waals surface area contributed by atoms with Crippen LogP contribution in [0.2, 0.25) is 0 Å². The molecule has 2 N–H and O–H groups in total. The van der Waals surface area contributed by atoms with E-state index in [9.17, 15) is 14.7 Å². The highest BCUT2D eigenvalue weighted by Crippen LogP contribution is 2.41. The first-order chi connectivity index (χ1) is 10.1. The summed E-state index contributed by atoms with van der Waals surface area (Å²) in [4.78, 5) is 25.4. The van der Waals surface area contributed by atoms with Crippen LogP contribution in [0.25, 0.3) is 0 Å². The molecule has 5 heteroatoms. The second-order valence-corrected chi connectivity index (χ2v) is 5.91. The van der Waals surface area contributed by atoms with Gasteiger partial charge in [0.2, 0.25) is 5.91 Å². The minimum atomic E-state index is -0.725. The van der Waals surface area contributed by atoms with Crippen molar-refractivity contribution in [3.8, 4) is 0 Å². The molecule has 2 fully saturated rings. The van der Waals surface area contributed by atoms with E-state index >= 15 is 0 Å². The highest BCUT2D eigenvalue weighted by atomic mass is 16.4. The largest absolute Gasteiger partial charge is 0.481 e. The van der Waals surface area contributed by atoms with Gasteiger partial charge in [-0.2, -0.15) is 0 Å². The molecule has 3 atom stereocenters. The first-order valence-electron chi connectivity index (χ1n) is 7.44. The van der Waals surface area contributed by atoms with Gasteiger partial charge >= 0.3 is 5.97 Å². The van der Waals surface area contributed by atoms with Gasteiger partial charge in [-0.25, -0.2) is 0 Å². The molecule has 5 nitrogen and oxygen atoms in total. The number of nitrogens with zero attached hydrogens (tertiary/aromatic N) is 1. The van der Waals surface area contributed by atoms with Gasteiger partial charge in [-0.05, 0) is 24.8 Å². The van der Waals surface area contributed by atoms with Crippen LogP contribution < -0.4 is 5.32 Å². The van der Waals surface area contributed by atoms with E-state index in [4.69, 9.17) is 0 Å². The second-order valence-electron chi connectivity index (χ2n) is 5.91. The lowest BCUT2D eigenvalue weighted by Crippen LogP contribution is -2.41. The smallest absolute Gasteiger partial charge is 0.308 e. The monoisotopic (exact) mass is 288 g/mol. The number of aliphatic carboxylic acids is 1. The summed E-state index contributed by atoms with van der Waals surface area (Å²) >= 11 is 0. The molecular weight excluding hydrogens is 268 g/mol. The topological polar surface area (TPSA) is 69.6 Å². The number of carboxylic acids is 1. The number of fused-ring (bicyclic) bond motifs is 2. The van der Waals surface area contributed by atoms with Crippen molar-refractivity contribution in [2.45, 2.75) is 37.9 Å². The zero-order valence-electron chi connectivity index (χ0n) is 11.9. The summed E-state index contributed by atoms with van der Waals surface area (Å²) in [5.74, 6) is -1.05. The molecule has 0 saturated carbocycles. The molecule has 2 aliphatic rings. The molecule has 2 saturated heterocycles. The summed E-state index contributed by atoms with van der Waals surface area (Å²) in [5, 5.41) is 12.1. The molecule has 3 rings (SSSR count). The Bertz CT molecular complexity index is 532. The number of carbonyl (C=O) groups excluding carboxylic acids is 1. The molecule has 1 aromatic rings. The van der Waals surface area contributed by atoms with Gasteiger partial charge in [0.05, 0.1) is 12.5 Å². The zero-order chi connectivity index (χ0) is 14.8. The van der Waals surface area contributed by atoms with Crippen LogP contribution in [0.5, 0.6) is 0 Å². The fourth-order valence-electron chi connectivity index (χ4n) is 3.63. The molecular formula is C16H20N2O3. The molecule has 0 aliphatic carbocycles. The van der Waals surface area contributed by atoms with E-state index in [0.29, 0.717) is 19.5 Å². The van der Waals surface area contributed by atoms with E-state index in [2.05, 4.69) is 10.2 Å². The van der Waals surface area contributed by atoms with Crippen molar-refractivity contribution in [2.75, 3.05) is 6.54 Å². The van der Waals surface area contributed by atoms with Crippen LogP contribution in [0.1, 0.15) is 24.8 Å². The van der Waals surface area contributed by atoms with Crippen molar-refractivity contribution in [3.05, 3.63) is 35.9 Å². The van der Waals surface area contributed by atoms with Crippen molar-refractivity contribution >= 4 is 11.9 Å². The molecule has 1 aromatic carbocycles. The maximum Gasteiger partial charge on any atom is 0.308 e. The zero-order valence-corrected chi connectivity index (χ0v) is 11.9. The van der Waals surface area contributed by atoms with Crippen LogP contribution in [0, 0.1) is 5.92 Å². The third kappa shape index (κ3) is 2.93. The van der Waals surface area contributed by atoms with E-state index in [1.165, 1.54) is 0 Å². The number of carboxylic acid groups (broad SMARTS) is 1. The molecule has 0 radical (unpaired) electrons. The van der Waals surface area contributed by atoms with Gasteiger partial charge in [0, 0.05) is 18.6 Å². The van der Waals surface area contributed by atoms with E-state index in [1.54, 1.807) is 0 Å². The number of benzene rings is 1. The minimum Gasteiger partial charge on any atom is -0.481 e. The van der Waals surface area contributed by atoms with Crippen molar-refractivity contribution < 1.29 is 14.7 Å². The number of amides is 1. The SMILES string of the molecule is O=C(CN1C2CCC1C(C(=O)O)C2)NCc1ccccc1. The van der Waals surface area contributed by atoms with Gasteiger partial charge in [-0.1, -0.05) is 30.3 Å². The lowest BCUT2D eigenvalue weighted by atomic mass is 9.89. The average Bonchev–Trinajstić information content (AvgIpc) is 3.03. The van der Waals surface area contributed by atoms with Gasteiger partial charge in [-0.15, -0.1) is 0 Å². The summed E-state index contributed by atoms with van der Waals surface area (Å²) in [6.07, 6.45) is 2.60. The molecule has 0 aromatic heterocycles. The summed E-state index contributed by atoms with van der Waals surface area (Å²) in [5.41, 5.74) is 1.07. The van der Waals surface area contributed by atoms with Crippen molar-refractivity contribution in [2.24, 2.45) is 5.92 Å². The van der Waals surface area contributed by atoms with Crippen molar-refractivity contribution in [1.82, 2.24) is 10.2 Å². The Morgan fingerprint density at radius 1 is 1.24 bits per heavy atom. The second kappa shape index (κ2) is 5.85. The summed E-state index contributed by atoms with van der Waals surface area (Å²) in [7, 11) is 0. The van der Waals surface area contributed by atoms with Crippen LogP contribution in [0.3, 0.4) is 0 Å². The lowest BCUT2D eigenvalue weighted by molar-refractivity contribution is -0.143. The molecule has 1 amide bonds. The fraction of sp³-hybridized carbons (Fsp3) is 0.500. The quantitative estimate of drug-likeness (QED) is 0.855. The predicted octanol–water partition coefficient (Wildman–Crippen LogP) is 1.24. The first kappa shape index (κ1) is 14.1. The molecule has 3 unspecified atom stereocenters. The van der Waals surface area contributed by atoms with Gasteiger partial charge in [0.25, 0.3) is 0 Å². The van der Waals surface area contributed by atoms with E-state index in [-0.39, 0.29) is 23.9 Å². The number of hydrogen-bond acceptors (Lipinski definition) is 3. The Balaban J connectivity index is 1.53. The normalized spacial score (nSPS) is 27.7. The van der Waals surface area contributed by atoms with Crippen LogP contribution in [0.4, 0.5) is 0 Å². The van der Waals surface area contributed by atoms with Crippen LogP contribution in [-0.2, 0) is 16.1 Å². The first-order valence-corrected chi connectivity index (χ1v) is 7.44. The van der Waals surface area contributed by atoms with Gasteiger partial charge in [0.15, 0.2) is 0 Å². The summed E-state index contributed by atoms with van der Waals surface area (Å²) < 4.78 is 0. The Hall–Kier alpha value is -1.88. The summed E-state index contributed by atoms with van der Waals surface area (Å²) in [6.45, 7) is 0.831. The fourth-order valence-corrected chi connectivity index (χ4v) is 3.63. The average molecular weight is 288 g/mol. The predicted molar refractivity (Wildman–Crippen MR) is 77.5 cm³/mol. The molecule has 2 aliphatic heterocycles. The Morgan fingerprint density at radius 2 is 2.00 bits per heavy atom. The van der Waals surface area contributed by atoms with E-state index in [1.807, 2.05) is 30.3 Å². The molecule has 112 valence electrons. The van der Waals surface area contributed by atoms with E-state index in [0.717, 1.165) is 18.4 Å². The van der Waals surface area contributed by atoms with Crippen molar-refractivity contribution in [1.29, 1.82) is 0 Å². The molecule has 0 spiro atoms. The maximum absolute atomic E-state index is 12.1. The number of carbonyl (C=O) groups is 2. The third-order valence-corrected chi connectivity index (χ3v) is 4.66. The molecule has 2 heterocycles. The van der Waals surface area contributed by atoms with Crippen LogP contribution in [0.15, 0.2) is 30.3 Å². The Morgan fingerprint density at radius 3 is 2.67 bits per heavy atom. The lowest BCUT2D eigenvalue weighted by Gasteiger charge is -2.22. The standard InChI is InChI=1S/C16H20N2O3/c19-15(17-9-11-4-2-1-3-5-11)10-18-12-6-7-14(18)13(8-12)16(20)21/h1-5,12-14H,6-10H2,(H,17,19)(H,20,21). The number of rotatable bonds is 5. The van der Waals surface area contributed by atoms with Gasteiger partial charge in [0.1, 0.15) is 0 Å². The number of hydrogen-bond donors (Lipinski definition) is 2. The van der Waals surface area contributed by atoms with Crippen LogP contribution in [-0.4, -0.2) is 40.5 Å². The highest BCUT2D eigenvalue weighted by Gasteiger charge is 2.49. The number of nitrogens with one attached hydrogen (secondary N) is 1. The Labute approximate surface area is 123 Å². The summed E-state index contributed by atoms with van der Waals surface area (Å²) in [6, 6.07) is 10.1. The van der Waals surface area contributed by atoms with Crippen molar-refractivity contribution in [3.63, 3.8) is 0 Å². The van der Waals surface area contributed by atoms with Crippen LogP contribution >= 0.6 is 0 Å². The third-order valence-electron chi connectivity index (χ3n) is 4.66. The Kier molecular flexibility index (Phi) is 3.92. The van der Waals surface area contributed by atoms with Gasteiger partial charge < -0.3 is 10.4 Å². The molecule has 21 heavy (non-hydrogen) atoms. The highest BCUT2D eigenvalue weighted by molar-refractivity contribution is 5.78. The molecule has 2 bridgehead atoms. The van der Waals surface area contributed by atoms with Gasteiger partial charge in [-0.3, -0.25) is 14.5 Å². The van der Waals surface area contributed by atoms with E-state index < -0.39 is 5.97 Å². The minimum absolute atomic E-state index is 0.0261.